The summed E-state index contributed by atoms with van der Waals surface area (Å²) >= 11 is 0. The number of ether oxygens (including phenoxy) is 1. The van der Waals surface area contributed by atoms with Crippen molar-refractivity contribution in [3.8, 4) is 0 Å². The average molecular weight is 271 g/mol. The van der Waals surface area contributed by atoms with Crippen molar-refractivity contribution in [1.82, 2.24) is 15.3 Å². The average Bonchev–Trinajstić information content (AvgIpc) is 2.34. The van der Waals surface area contributed by atoms with Crippen LogP contribution in [-0.4, -0.2) is 47.3 Å². The number of rotatable bonds is 1. The number of urea groups is 1. The predicted molar refractivity (Wildman–Crippen MR) is 72.6 cm³/mol. The Balaban J connectivity index is 2.52. The highest BCUT2D eigenvalue weighted by atomic mass is 16.6. The van der Waals surface area contributed by atoms with E-state index in [9.17, 15) is 9.59 Å². The van der Waals surface area contributed by atoms with Gasteiger partial charge in [-0.1, -0.05) is 0 Å². The molecule has 1 aliphatic heterocycles. The zero-order chi connectivity index (χ0) is 14.5. The van der Waals surface area contributed by atoms with Crippen molar-refractivity contribution < 1.29 is 14.3 Å². The van der Waals surface area contributed by atoms with Gasteiger partial charge in [-0.25, -0.2) is 20.0 Å². The minimum Gasteiger partial charge on any atom is -0.443 e. The second-order valence-corrected chi connectivity index (χ2v) is 5.69. The number of piperidine rings is 1. The third-order valence-electron chi connectivity index (χ3n) is 2.80. The SMILES string of the molecule is CCN(NC(=O)OC(C)(C)C)C(=O)N1CCCCC1. The maximum atomic E-state index is 12.2. The van der Waals surface area contributed by atoms with Crippen molar-refractivity contribution >= 4 is 12.1 Å². The first kappa shape index (κ1) is 15.6. The van der Waals surface area contributed by atoms with Gasteiger partial charge < -0.3 is 9.64 Å². The monoisotopic (exact) mass is 271 g/mol. The van der Waals surface area contributed by atoms with E-state index in [0.717, 1.165) is 32.4 Å². The summed E-state index contributed by atoms with van der Waals surface area (Å²) in [5.41, 5.74) is 1.93. The van der Waals surface area contributed by atoms with Crippen LogP contribution in [0.1, 0.15) is 47.0 Å². The molecule has 0 radical (unpaired) electrons. The van der Waals surface area contributed by atoms with E-state index in [1.165, 1.54) is 5.01 Å². The molecule has 3 amide bonds. The number of hydrogen-bond donors (Lipinski definition) is 1. The molecular formula is C13H25N3O3. The van der Waals surface area contributed by atoms with Gasteiger partial charge in [0.15, 0.2) is 0 Å². The summed E-state index contributed by atoms with van der Waals surface area (Å²) in [6.45, 7) is 9.10. The second kappa shape index (κ2) is 6.63. The Hall–Kier alpha value is -1.46. The molecule has 0 atom stereocenters. The molecule has 0 aromatic heterocycles. The van der Waals surface area contributed by atoms with Crippen molar-refractivity contribution in [3.05, 3.63) is 0 Å². The normalized spacial score (nSPS) is 15.9. The lowest BCUT2D eigenvalue weighted by Gasteiger charge is -2.32. The lowest BCUT2D eigenvalue weighted by atomic mass is 10.1. The summed E-state index contributed by atoms with van der Waals surface area (Å²) in [4.78, 5) is 25.6. The number of nitrogens with one attached hydrogen (secondary N) is 1. The maximum Gasteiger partial charge on any atom is 0.426 e. The maximum absolute atomic E-state index is 12.2. The summed E-state index contributed by atoms with van der Waals surface area (Å²) in [5, 5.41) is 1.30. The molecule has 0 aromatic rings. The van der Waals surface area contributed by atoms with Gasteiger partial charge in [-0.3, -0.25) is 0 Å². The largest absolute Gasteiger partial charge is 0.443 e. The Morgan fingerprint density at radius 2 is 1.79 bits per heavy atom. The Labute approximate surface area is 115 Å². The van der Waals surface area contributed by atoms with Crippen LogP contribution in [0.5, 0.6) is 0 Å². The molecule has 0 aromatic carbocycles. The molecule has 1 heterocycles. The number of amides is 3. The first-order valence-electron chi connectivity index (χ1n) is 6.89. The fraction of sp³-hybridized carbons (Fsp3) is 0.846. The van der Waals surface area contributed by atoms with E-state index < -0.39 is 11.7 Å². The van der Waals surface area contributed by atoms with Crippen LogP contribution in [-0.2, 0) is 4.74 Å². The molecular weight excluding hydrogens is 246 g/mol. The summed E-state index contributed by atoms with van der Waals surface area (Å²) in [5.74, 6) is 0. The number of hydrazine groups is 1. The number of carbonyl (C=O) groups excluding carboxylic acids is 2. The third kappa shape index (κ3) is 5.36. The first-order valence-corrected chi connectivity index (χ1v) is 6.89. The van der Waals surface area contributed by atoms with Crippen LogP contribution in [0.3, 0.4) is 0 Å². The van der Waals surface area contributed by atoms with E-state index in [-0.39, 0.29) is 6.03 Å². The fourth-order valence-corrected chi connectivity index (χ4v) is 1.93. The van der Waals surface area contributed by atoms with Crippen LogP contribution in [0.2, 0.25) is 0 Å². The number of hydrogen-bond acceptors (Lipinski definition) is 3. The third-order valence-corrected chi connectivity index (χ3v) is 2.80. The van der Waals surface area contributed by atoms with E-state index in [1.807, 2.05) is 6.92 Å². The summed E-state index contributed by atoms with van der Waals surface area (Å²) in [7, 11) is 0. The minimum atomic E-state index is -0.597. The standard InChI is InChI=1S/C13H25N3O3/c1-5-16(14-11(17)19-13(2,3)4)12(18)15-9-7-6-8-10-15/h5-10H2,1-4H3,(H,14,17). The second-order valence-electron chi connectivity index (χ2n) is 5.69. The van der Waals surface area contributed by atoms with E-state index in [0.29, 0.717) is 6.54 Å². The van der Waals surface area contributed by atoms with Gasteiger partial charge in [0.25, 0.3) is 0 Å². The molecule has 19 heavy (non-hydrogen) atoms. The van der Waals surface area contributed by atoms with Gasteiger partial charge in [0.1, 0.15) is 5.60 Å². The highest BCUT2D eigenvalue weighted by molar-refractivity contribution is 5.78. The van der Waals surface area contributed by atoms with Gasteiger partial charge in [-0.05, 0) is 47.0 Å². The molecule has 1 fully saturated rings. The van der Waals surface area contributed by atoms with Gasteiger partial charge in [0, 0.05) is 19.6 Å². The lowest BCUT2D eigenvalue weighted by molar-refractivity contribution is 0.0349. The molecule has 110 valence electrons. The van der Waals surface area contributed by atoms with E-state index in [2.05, 4.69) is 5.43 Å². The lowest BCUT2D eigenvalue weighted by Crippen LogP contribution is -2.53. The summed E-state index contributed by atoms with van der Waals surface area (Å²) in [6.07, 6.45) is 2.61. The Bertz CT molecular complexity index is 320. The Kier molecular flexibility index (Phi) is 5.44. The van der Waals surface area contributed by atoms with Gasteiger partial charge in [0.2, 0.25) is 0 Å². The van der Waals surface area contributed by atoms with Crippen molar-refractivity contribution in [3.63, 3.8) is 0 Å². The van der Waals surface area contributed by atoms with Crippen molar-refractivity contribution in [2.75, 3.05) is 19.6 Å². The zero-order valence-electron chi connectivity index (χ0n) is 12.4. The van der Waals surface area contributed by atoms with Crippen LogP contribution in [0, 0.1) is 0 Å². The molecule has 0 aliphatic carbocycles. The smallest absolute Gasteiger partial charge is 0.426 e. The van der Waals surface area contributed by atoms with Gasteiger partial charge in [-0.15, -0.1) is 0 Å². The van der Waals surface area contributed by atoms with Crippen LogP contribution >= 0.6 is 0 Å². The highest BCUT2D eigenvalue weighted by Crippen LogP contribution is 2.11. The molecule has 1 N–H and O–H groups in total. The van der Waals surface area contributed by atoms with Gasteiger partial charge >= 0.3 is 12.1 Å². The molecule has 0 saturated carbocycles. The molecule has 1 rings (SSSR count). The van der Waals surface area contributed by atoms with Gasteiger partial charge in [0.05, 0.1) is 0 Å². The molecule has 0 unspecified atom stereocenters. The predicted octanol–water partition coefficient (Wildman–Crippen LogP) is 2.35. The van der Waals surface area contributed by atoms with Gasteiger partial charge in [-0.2, -0.15) is 0 Å². The highest BCUT2D eigenvalue weighted by Gasteiger charge is 2.24. The molecule has 6 nitrogen and oxygen atoms in total. The van der Waals surface area contributed by atoms with Crippen LogP contribution in [0.15, 0.2) is 0 Å². The number of carbonyl (C=O) groups is 2. The van der Waals surface area contributed by atoms with Crippen molar-refractivity contribution in [1.29, 1.82) is 0 Å². The van der Waals surface area contributed by atoms with E-state index in [1.54, 1.807) is 25.7 Å². The Morgan fingerprint density at radius 1 is 1.21 bits per heavy atom. The molecule has 6 heteroatoms. The summed E-state index contributed by atoms with van der Waals surface area (Å²) < 4.78 is 5.15. The number of likely N-dealkylation sites (tertiary alicyclic amines) is 1. The van der Waals surface area contributed by atoms with E-state index in [4.69, 9.17) is 4.74 Å². The molecule has 1 saturated heterocycles. The van der Waals surface area contributed by atoms with Crippen LogP contribution in [0.4, 0.5) is 9.59 Å². The fourth-order valence-electron chi connectivity index (χ4n) is 1.93. The molecule has 0 bridgehead atoms. The quantitative estimate of drug-likeness (QED) is 0.745. The van der Waals surface area contributed by atoms with E-state index >= 15 is 0 Å². The van der Waals surface area contributed by atoms with Crippen molar-refractivity contribution in [2.24, 2.45) is 0 Å². The Morgan fingerprint density at radius 3 is 2.26 bits per heavy atom. The van der Waals surface area contributed by atoms with Crippen LogP contribution < -0.4 is 5.43 Å². The topological polar surface area (TPSA) is 61.9 Å². The zero-order valence-corrected chi connectivity index (χ0v) is 12.4. The minimum absolute atomic E-state index is 0.159. The number of nitrogens with zero attached hydrogens (tertiary/aromatic N) is 2. The molecule has 1 aliphatic rings. The first-order chi connectivity index (χ1) is 8.83. The van der Waals surface area contributed by atoms with Crippen molar-refractivity contribution in [2.45, 2.75) is 52.6 Å². The molecule has 0 spiro atoms. The van der Waals surface area contributed by atoms with Crippen LogP contribution in [0.25, 0.3) is 0 Å². The summed E-state index contributed by atoms with van der Waals surface area (Å²) in [6, 6.07) is -0.159.